The Labute approximate surface area is 199 Å². The van der Waals surface area contributed by atoms with Crippen LogP contribution in [0.1, 0.15) is 0 Å². The van der Waals surface area contributed by atoms with E-state index in [-0.39, 0.29) is 13.5 Å². The zero-order valence-electron chi connectivity index (χ0n) is 18.0. The standard InChI is InChI=1S/2C16H10.H2S/c1-3-11-7-9-13-5-2-6-14-10-8-12(4-1)15(11)16(13)14;1-2-8-13-12(7-1)14-9-3-5-11-6-4-10-15(13)16(11)14;/h2*1-10H;1H2. The van der Waals surface area contributed by atoms with Gasteiger partial charge in [0.1, 0.15) is 0 Å². The lowest BCUT2D eigenvalue weighted by atomic mass is 9.95. The van der Waals surface area contributed by atoms with E-state index >= 15 is 0 Å². The molecule has 0 fully saturated rings. The Hall–Kier alpha value is -3.81. The molecule has 7 aromatic carbocycles. The van der Waals surface area contributed by atoms with Crippen LogP contribution < -0.4 is 0 Å². The summed E-state index contributed by atoms with van der Waals surface area (Å²) in [6.07, 6.45) is 0. The first-order chi connectivity index (χ1) is 15.9. The molecule has 0 unspecified atom stereocenters. The van der Waals surface area contributed by atoms with Gasteiger partial charge in [0.15, 0.2) is 0 Å². The molecule has 0 N–H and O–H groups in total. The smallest absolute Gasteiger partial charge is 0.00264 e. The second-order valence-electron chi connectivity index (χ2n) is 8.54. The lowest BCUT2D eigenvalue weighted by Crippen LogP contribution is -1.82. The van der Waals surface area contributed by atoms with E-state index < -0.39 is 0 Å². The van der Waals surface area contributed by atoms with Crippen LogP contribution in [0.25, 0.3) is 65.3 Å². The van der Waals surface area contributed by atoms with Gasteiger partial charge in [-0.3, -0.25) is 0 Å². The van der Waals surface area contributed by atoms with Gasteiger partial charge in [0.05, 0.1) is 0 Å². The molecule has 0 atom stereocenters. The van der Waals surface area contributed by atoms with E-state index in [9.17, 15) is 0 Å². The Balaban J connectivity index is 0.000000121. The molecule has 0 heterocycles. The molecule has 0 saturated heterocycles. The second-order valence-corrected chi connectivity index (χ2v) is 8.54. The molecule has 0 saturated carbocycles. The van der Waals surface area contributed by atoms with Gasteiger partial charge in [-0.05, 0) is 65.3 Å². The fourth-order valence-electron chi connectivity index (χ4n) is 5.41. The van der Waals surface area contributed by atoms with Crippen molar-refractivity contribution in [3.8, 4) is 22.3 Å². The third-order valence-corrected chi connectivity index (χ3v) is 6.80. The van der Waals surface area contributed by atoms with Crippen molar-refractivity contribution >= 4 is 56.6 Å². The van der Waals surface area contributed by atoms with Gasteiger partial charge in [0.2, 0.25) is 0 Å². The maximum absolute atomic E-state index is 2.22. The first kappa shape index (κ1) is 19.8. The first-order valence-corrected chi connectivity index (χ1v) is 11.1. The Morgan fingerprint density at radius 1 is 0.242 bits per heavy atom. The van der Waals surface area contributed by atoms with E-state index in [4.69, 9.17) is 0 Å². The van der Waals surface area contributed by atoms with Gasteiger partial charge in [-0.1, -0.05) is 121 Å². The highest BCUT2D eigenvalue weighted by molar-refractivity contribution is 7.59. The number of hydrogen-bond acceptors (Lipinski definition) is 0. The maximum atomic E-state index is 2.22. The molecule has 8 rings (SSSR count). The van der Waals surface area contributed by atoms with Crippen molar-refractivity contribution in [2.45, 2.75) is 0 Å². The SMILES string of the molecule is S.c1cc2ccc3cccc4ccc(c1)c2c34.c1ccc2c(c1)-c1cccc3cccc-2c13. The van der Waals surface area contributed by atoms with Crippen molar-refractivity contribution in [2.24, 2.45) is 0 Å². The third kappa shape index (κ3) is 2.93. The van der Waals surface area contributed by atoms with Gasteiger partial charge in [-0.15, -0.1) is 0 Å². The van der Waals surface area contributed by atoms with Crippen LogP contribution in [0.2, 0.25) is 0 Å². The quantitative estimate of drug-likeness (QED) is 0.207. The normalized spacial score (nSPS) is 11.4. The van der Waals surface area contributed by atoms with Gasteiger partial charge in [0.25, 0.3) is 0 Å². The molecule has 156 valence electrons. The topological polar surface area (TPSA) is 0 Å². The van der Waals surface area contributed by atoms with Crippen molar-refractivity contribution in [1.29, 1.82) is 0 Å². The van der Waals surface area contributed by atoms with Gasteiger partial charge in [0, 0.05) is 0 Å². The van der Waals surface area contributed by atoms with E-state index in [0.717, 1.165) is 0 Å². The van der Waals surface area contributed by atoms with E-state index in [1.165, 1.54) is 65.3 Å². The largest absolute Gasteiger partial charge is 0.197 e. The van der Waals surface area contributed by atoms with E-state index in [0.29, 0.717) is 0 Å². The van der Waals surface area contributed by atoms with Crippen molar-refractivity contribution in [1.82, 2.24) is 0 Å². The van der Waals surface area contributed by atoms with E-state index in [2.05, 4.69) is 121 Å². The minimum atomic E-state index is 0. The Morgan fingerprint density at radius 2 is 0.545 bits per heavy atom. The summed E-state index contributed by atoms with van der Waals surface area (Å²) in [6, 6.07) is 43.6. The summed E-state index contributed by atoms with van der Waals surface area (Å²) < 4.78 is 0. The lowest BCUT2D eigenvalue weighted by Gasteiger charge is -2.09. The Morgan fingerprint density at radius 3 is 0.939 bits per heavy atom. The van der Waals surface area contributed by atoms with Crippen LogP contribution in [0, 0.1) is 0 Å². The average molecular weight is 439 g/mol. The molecule has 0 radical (unpaired) electrons. The van der Waals surface area contributed by atoms with Gasteiger partial charge >= 0.3 is 0 Å². The summed E-state index contributed by atoms with van der Waals surface area (Å²) in [5.74, 6) is 0. The summed E-state index contributed by atoms with van der Waals surface area (Å²) >= 11 is 0. The molecule has 0 amide bonds. The summed E-state index contributed by atoms with van der Waals surface area (Å²) in [5.41, 5.74) is 5.50. The molecule has 0 bridgehead atoms. The van der Waals surface area contributed by atoms with E-state index in [1.54, 1.807) is 0 Å². The molecular formula is C32H22S. The summed E-state index contributed by atoms with van der Waals surface area (Å²) in [7, 11) is 0. The molecule has 7 aromatic rings. The fourth-order valence-corrected chi connectivity index (χ4v) is 5.41. The second kappa shape index (κ2) is 7.65. The zero-order chi connectivity index (χ0) is 21.1. The van der Waals surface area contributed by atoms with Crippen LogP contribution in [-0.4, -0.2) is 0 Å². The fraction of sp³-hybridized carbons (Fsp3) is 0. The van der Waals surface area contributed by atoms with Gasteiger partial charge in [-0.25, -0.2) is 0 Å². The van der Waals surface area contributed by atoms with Crippen LogP contribution in [0.4, 0.5) is 0 Å². The van der Waals surface area contributed by atoms with Crippen molar-refractivity contribution in [2.75, 3.05) is 0 Å². The molecular weight excluding hydrogens is 416 g/mol. The average Bonchev–Trinajstić information content (AvgIpc) is 3.19. The third-order valence-electron chi connectivity index (χ3n) is 6.80. The van der Waals surface area contributed by atoms with Gasteiger partial charge in [-0.2, -0.15) is 13.5 Å². The predicted octanol–water partition coefficient (Wildman–Crippen LogP) is 9.18. The molecule has 1 aliphatic rings. The van der Waals surface area contributed by atoms with Crippen molar-refractivity contribution in [3.63, 3.8) is 0 Å². The first-order valence-electron chi connectivity index (χ1n) is 11.1. The molecule has 33 heavy (non-hydrogen) atoms. The monoisotopic (exact) mass is 438 g/mol. The molecule has 0 nitrogen and oxygen atoms in total. The van der Waals surface area contributed by atoms with Gasteiger partial charge < -0.3 is 0 Å². The molecule has 1 heteroatoms. The van der Waals surface area contributed by atoms with Crippen LogP contribution >= 0.6 is 13.5 Å². The predicted molar refractivity (Wildman–Crippen MR) is 149 cm³/mol. The van der Waals surface area contributed by atoms with Crippen molar-refractivity contribution < 1.29 is 0 Å². The minimum absolute atomic E-state index is 0. The molecule has 0 aromatic heterocycles. The van der Waals surface area contributed by atoms with Crippen LogP contribution in [-0.2, 0) is 0 Å². The highest BCUT2D eigenvalue weighted by Gasteiger charge is 2.19. The van der Waals surface area contributed by atoms with Crippen molar-refractivity contribution in [3.05, 3.63) is 121 Å². The highest BCUT2D eigenvalue weighted by atomic mass is 32.1. The van der Waals surface area contributed by atoms with E-state index in [1.807, 2.05) is 0 Å². The number of hydrogen-bond donors (Lipinski definition) is 0. The minimum Gasteiger partial charge on any atom is -0.197 e. The molecule has 0 aliphatic heterocycles. The maximum Gasteiger partial charge on any atom is -0.00264 e. The number of rotatable bonds is 0. The Kier molecular flexibility index (Phi) is 4.60. The number of benzene rings is 7. The summed E-state index contributed by atoms with van der Waals surface area (Å²) in [4.78, 5) is 0. The Bertz CT molecular complexity index is 1590. The van der Waals surface area contributed by atoms with Crippen LogP contribution in [0.5, 0.6) is 0 Å². The molecule has 1 aliphatic carbocycles. The summed E-state index contributed by atoms with van der Waals surface area (Å²) in [6.45, 7) is 0. The summed E-state index contributed by atoms with van der Waals surface area (Å²) in [5, 5.41) is 10.9. The molecule has 0 spiro atoms. The van der Waals surface area contributed by atoms with Crippen LogP contribution in [0.3, 0.4) is 0 Å². The van der Waals surface area contributed by atoms with Crippen LogP contribution in [0.15, 0.2) is 121 Å². The lowest BCUT2D eigenvalue weighted by molar-refractivity contribution is 1.70. The number of fused-ring (bicyclic) bond motifs is 3. The zero-order valence-corrected chi connectivity index (χ0v) is 19.0. The highest BCUT2D eigenvalue weighted by Crippen LogP contribution is 2.46.